The number of nitrogens with zero attached hydrogens (tertiary/aromatic N) is 4. The number of fused-ring (bicyclic) bond motifs is 4. The zero-order valence-corrected chi connectivity index (χ0v) is 23.3. The summed E-state index contributed by atoms with van der Waals surface area (Å²) in [5, 5.41) is 10.2. The van der Waals surface area contributed by atoms with Gasteiger partial charge in [0.25, 0.3) is 11.8 Å². The van der Waals surface area contributed by atoms with Gasteiger partial charge in [0.1, 0.15) is 5.69 Å². The Bertz CT molecular complexity index is 1930. The van der Waals surface area contributed by atoms with Crippen LogP contribution in [0.1, 0.15) is 23.9 Å². The number of amides is 2. The number of halogens is 7. The largest absolute Gasteiger partial charge is 0.504 e. The van der Waals surface area contributed by atoms with Crippen molar-refractivity contribution < 1.29 is 41.4 Å². The van der Waals surface area contributed by atoms with Gasteiger partial charge in [0.05, 0.1) is 19.7 Å². The first-order valence-electron chi connectivity index (χ1n) is 12.4. The Morgan fingerprint density at radius 3 is 2.14 bits per heavy atom. The van der Waals surface area contributed by atoms with Crippen LogP contribution in [-0.2, 0) is 23.2 Å². The highest BCUT2D eigenvalue weighted by Gasteiger charge is 2.76. The molecule has 3 aromatic rings. The molecule has 43 heavy (non-hydrogen) atoms. The number of benzene rings is 2. The number of carbonyl (C=O) groups excluding carboxylic acids is 2. The molecule has 1 N–H and O–H groups in total. The van der Waals surface area contributed by atoms with Gasteiger partial charge < -0.3 is 9.84 Å². The highest BCUT2D eigenvalue weighted by atomic mass is 35.5. The van der Waals surface area contributed by atoms with Crippen LogP contribution in [0.2, 0.25) is 0 Å². The summed E-state index contributed by atoms with van der Waals surface area (Å²) in [7, 11) is 2.41. The third-order valence-corrected chi connectivity index (χ3v) is 9.63. The molecule has 0 bridgehead atoms. The highest BCUT2D eigenvalue weighted by molar-refractivity contribution is 6.58. The average Bonchev–Trinajstić information content (AvgIpc) is 3.29. The van der Waals surface area contributed by atoms with Crippen LogP contribution in [0.25, 0.3) is 0 Å². The quantitative estimate of drug-likeness (QED) is 0.117. The predicted octanol–water partition coefficient (Wildman–Crippen LogP) is 2.96. The normalized spacial score (nSPS) is 26.3. The lowest BCUT2D eigenvalue weighted by Crippen LogP contribution is -2.59. The molecule has 1 saturated heterocycles. The standard InChI is InChI=1S/C26H17Cl2F5N4O6/c1-34-23(41)35-6-5-10-11(37(35)24(34)42)8-25(27)21(39)36(20-18(32)16(30)15(29)17(31)19(20)33)22(40)26(25,28)14(10)9-3-4-12(38)13(7-9)43-2/h3-5,7,11,14,38H,6,8H2,1-2H3/t11-,14+,25-,26+/m1/s1. The smallest absolute Gasteiger partial charge is 0.347 e. The van der Waals surface area contributed by atoms with Gasteiger partial charge in [0.15, 0.2) is 44.5 Å². The molecular weight excluding hydrogens is 630 g/mol. The number of hydrogen-bond acceptors (Lipinski definition) is 6. The van der Waals surface area contributed by atoms with Crippen molar-refractivity contribution in [1.82, 2.24) is 13.9 Å². The second kappa shape index (κ2) is 9.19. The van der Waals surface area contributed by atoms with Gasteiger partial charge in [0.2, 0.25) is 5.82 Å². The van der Waals surface area contributed by atoms with Crippen LogP contribution in [0.15, 0.2) is 39.4 Å². The number of aromatic nitrogens is 3. The van der Waals surface area contributed by atoms with Gasteiger partial charge in [-0.1, -0.05) is 12.1 Å². The first-order valence-corrected chi connectivity index (χ1v) is 13.1. The van der Waals surface area contributed by atoms with Gasteiger partial charge in [0, 0.05) is 19.4 Å². The molecule has 6 rings (SSSR count). The zero-order valence-electron chi connectivity index (χ0n) is 21.8. The molecule has 2 fully saturated rings. The summed E-state index contributed by atoms with van der Waals surface area (Å²) < 4.78 is 80.3. The molecule has 10 nitrogen and oxygen atoms in total. The minimum Gasteiger partial charge on any atom is -0.504 e. The fourth-order valence-corrected chi connectivity index (χ4v) is 7.10. The second-order valence-electron chi connectivity index (χ2n) is 10.2. The Hall–Kier alpha value is -4.11. The molecule has 2 amide bonds. The maximum Gasteiger partial charge on any atom is 0.347 e. The number of allylic oxidation sites excluding steroid dienone is 2. The van der Waals surface area contributed by atoms with E-state index in [0.717, 1.165) is 20.0 Å². The maximum atomic E-state index is 15.0. The van der Waals surface area contributed by atoms with Crippen molar-refractivity contribution in [3.05, 3.63) is 85.5 Å². The highest BCUT2D eigenvalue weighted by Crippen LogP contribution is 2.64. The van der Waals surface area contributed by atoms with Gasteiger partial charge in [-0.25, -0.2) is 50.4 Å². The lowest BCUT2D eigenvalue weighted by Gasteiger charge is -2.49. The van der Waals surface area contributed by atoms with Crippen LogP contribution in [-0.4, -0.2) is 47.7 Å². The molecule has 0 unspecified atom stereocenters. The summed E-state index contributed by atoms with van der Waals surface area (Å²) in [6.07, 6.45) is 0.740. The fourth-order valence-electron chi connectivity index (χ4n) is 6.19. The van der Waals surface area contributed by atoms with Crippen LogP contribution in [0, 0.1) is 29.1 Å². The molecular formula is C26H17Cl2F5N4O6. The second-order valence-corrected chi connectivity index (χ2v) is 11.5. The van der Waals surface area contributed by atoms with Crippen molar-refractivity contribution >= 4 is 40.7 Å². The number of phenolic OH excluding ortho intramolecular Hbond substituents is 1. The molecule has 4 atom stereocenters. The first kappa shape index (κ1) is 29.0. The number of hydrogen-bond donors (Lipinski definition) is 1. The van der Waals surface area contributed by atoms with Crippen molar-refractivity contribution in [1.29, 1.82) is 0 Å². The van der Waals surface area contributed by atoms with Crippen LogP contribution < -0.4 is 21.0 Å². The SMILES string of the molecule is COc1cc([C@H]2C3=CCn4c(=O)n(C)c(=O)n4[C@@H]3C[C@@]3(Cl)C(=O)N(c4c(F)c(F)c(F)c(F)c4F)C(=O)[C@@]23Cl)ccc1O. The van der Waals surface area contributed by atoms with E-state index in [1.807, 2.05) is 0 Å². The van der Waals surface area contributed by atoms with Gasteiger partial charge >= 0.3 is 11.4 Å². The number of phenols is 1. The van der Waals surface area contributed by atoms with Crippen molar-refractivity contribution in [3.63, 3.8) is 0 Å². The van der Waals surface area contributed by atoms with E-state index in [9.17, 15) is 46.2 Å². The molecule has 0 spiro atoms. The average molecular weight is 647 g/mol. The Morgan fingerprint density at radius 2 is 1.53 bits per heavy atom. The van der Waals surface area contributed by atoms with Gasteiger partial charge in [-0.2, -0.15) is 0 Å². The molecule has 3 heterocycles. The van der Waals surface area contributed by atoms with Crippen LogP contribution in [0.3, 0.4) is 0 Å². The fraction of sp³-hybridized carbons (Fsp3) is 0.308. The van der Waals surface area contributed by atoms with E-state index in [4.69, 9.17) is 27.9 Å². The third kappa shape index (κ3) is 3.40. The van der Waals surface area contributed by atoms with Crippen molar-refractivity contribution in [2.45, 2.75) is 34.7 Å². The van der Waals surface area contributed by atoms with E-state index in [1.54, 1.807) is 0 Å². The molecule has 2 aromatic carbocycles. The number of carbonyl (C=O) groups is 2. The van der Waals surface area contributed by atoms with E-state index in [1.165, 1.54) is 32.4 Å². The number of ether oxygens (including phenoxy) is 1. The van der Waals surface area contributed by atoms with E-state index >= 15 is 0 Å². The van der Waals surface area contributed by atoms with E-state index in [2.05, 4.69) is 0 Å². The summed E-state index contributed by atoms with van der Waals surface area (Å²) in [4.78, 5) is 48.3. The number of aromatic hydroxyl groups is 1. The predicted molar refractivity (Wildman–Crippen MR) is 139 cm³/mol. The monoisotopic (exact) mass is 646 g/mol. The summed E-state index contributed by atoms with van der Waals surface area (Å²) in [6, 6.07) is 2.42. The van der Waals surface area contributed by atoms with Crippen LogP contribution in [0.4, 0.5) is 27.6 Å². The minimum absolute atomic E-state index is 0.0609. The number of rotatable bonds is 3. The van der Waals surface area contributed by atoms with Crippen molar-refractivity contribution in [3.8, 4) is 11.5 Å². The minimum atomic E-state index is -2.70. The van der Waals surface area contributed by atoms with E-state index in [-0.39, 0.29) is 34.1 Å². The van der Waals surface area contributed by atoms with Crippen LogP contribution >= 0.6 is 23.2 Å². The van der Waals surface area contributed by atoms with Crippen LogP contribution in [0.5, 0.6) is 11.5 Å². The molecule has 17 heteroatoms. The number of imide groups is 1. The molecule has 3 aliphatic rings. The molecule has 226 valence electrons. The Kier molecular flexibility index (Phi) is 6.20. The van der Waals surface area contributed by atoms with Gasteiger partial charge in [-0.15, -0.1) is 23.2 Å². The lowest BCUT2D eigenvalue weighted by atomic mass is 9.64. The molecule has 1 saturated carbocycles. The number of anilines is 1. The summed E-state index contributed by atoms with van der Waals surface area (Å²) >= 11 is 13.9. The zero-order chi connectivity index (χ0) is 31.5. The summed E-state index contributed by atoms with van der Waals surface area (Å²) in [5.41, 5.74) is -3.21. The first-order chi connectivity index (χ1) is 20.1. The third-order valence-electron chi connectivity index (χ3n) is 8.22. The molecule has 0 radical (unpaired) electrons. The molecule has 1 aromatic heterocycles. The molecule has 1 aliphatic carbocycles. The van der Waals surface area contributed by atoms with E-state index in [0.29, 0.717) is 0 Å². The van der Waals surface area contributed by atoms with Crippen molar-refractivity contribution in [2.24, 2.45) is 7.05 Å². The van der Waals surface area contributed by atoms with E-state index < -0.39 is 86.1 Å². The summed E-state index contributed by atoms with van der Waals surface area (Å²) in [6.45, 7) is -0.210. The van der Waals surface area contributed by atoms with Crippen molar-refractivity contribution in [2.75, 3.05) is 12.0 Å². The molecule has 2 aliphatic heterocycles. The van der Waals surface area contributed by atoms with Gasteiger partial charge in [-0.3, -0.25) is 9.59 Å². The Labute approximate surface area is 246 Å². The number of alkyl halides is 2. The topological polar surface area (TPSA) is 116 Å². The number of methoxy groups -OCH3 is 1. The Balaban J connectivity index is 1.66. The lowest BCUT2D eigenvalue weighted by molar-refractivity contribution is -0.122. The maximum absolute atomic E-state index is 15.0. The van der Waals surface area contributed by atoms with Gasteiger partial charge in [-0.05, 0) is 23.3 Å². The Morgan fingerprint density at radius 1 is 0.930 bits per heavy atom. The summed E-state index contributed by atoms with van der Waals surface area (Å²) in [5.74, 6) is -17.6.